The van der Waals surface area contributed by atoms with E-state index >= 15 is 0 Å². The molecule has 1 aromatic heterocycles. The van der Waals surface area contributed by atoms with Crippen LogP contribution in [0, 0.1) is 17.1 Å². The van der Waals surface area contributed by atoms with Crippen molar-refractivity contribution in [1.82, 2.24) is 9.13 Å². The van der Waals surface area contributed by atoms with Crippen LogP contribution in [0.15, 0.2) is 38.9 Å². The van der Waals surface area contributed by atoms with Crippen LogP contribution in [-0.4, -0.2) is 17.6 Å². The summed E-state index contributed by atoms with van der Waals surface area (Å²) in [6.07, 6.45) is 0.856. The fraction of sp³-hybridized carbons (Fsp3) is 0.154. The minimum absolute atomic E-state index is 0.0171. The molecule has 0 spiro atoms. The average molecular weight is 338 g/mol. The summed E-state index contributed by atoms with van der Waals surface area (Å²) in [5.41, 5.74) is -2.13. The van der Waals surface area contributed by atoms with Crippen LogP contribution in [0.4, 0.5) is 10.1 Å². The number of benzene rings is 1. The first-order chi connectivity index (χ1) is 10.7. The number of nitriles is 1. The summed E-state index contributed by atoms with van der Waals surface area (Å²) in [4.78, 5) is 22.8. The molecule has 10 heteroatoms. The lowest BCUT2D eigenvalue weighted by molar-refractivity contribution is 0.587. The summed E-state index contributed by atoms with van der Waals surface area (Å²) in [5.74, 6) is -0.964. The van der Waals surface area contributed by atoms with Crippen LogP contribution in [-0.2, 0) is 24.1 Å². The molecule has 0 aliphatic heterocycles. The van der Waals surface area contributed by atoms with E-state index in [2.05, 4.69) is 0 Å². The molecule has 0 fully saturated rings. The zero-order valence-corrected chi connectivity index (χ0v) is 12.9. The van der Waals surface area contributed by atoms with E-state index in [0.717, 1.165) is 29.9 Å². The fourth-order valence-corrected chi connectivity index (χ4v) is 3.06. The highest BCUT2D eigenvalue weighted by Crippen LogP contribution is 2.18. The molecule has 0 radical (unpaired) electrons. The average Bonchev–Trinajstić information content (AvgIpc) is 2.50. The van der Waals surface area contributed by atoms with E-state index < -0.39 is 37.7 Å². The van der Waals surface area contributed by atoms with Crippen LogP contribution in [0.1, 0.15) is 5.56 Å². The minimum Gasteiger partial charge on any atom is -0.302 e. The Labute approximate surface area is 130 Å². The summed E-state index contributed by atoms with van der Waals surface area (Å²) in [6, 6.07) is 4.86. The van der Waals surface area contributed by atoms with Crippen molar-refractivity contribution in [3.8, 4) is 6.07 Å². The second-order valence-electron chi connectivity index (χ2n) is 4.66. The van der Waals surface area contributed by atoms with Crippen LogP contribution in [0.5, 0.6) is 0 Å². The Balaban J connectivity index is 2.55. The Morgan fingerprint density at radius 3 is 2.48 bits per heavy atom. The third-order valence-electron chi connectivity index (χ3n) is 3.05. The maximum Gasteiger partial charge on any atom is 0.330 e. The van der Waals surface area contributed by atoms with Gasteiger partial charge in [0.1, 0.15) is 5.82 Å². The summed E-state index contributed by atoms with van der Waals surface area (Å²) in [5, 5.41) is 8.66. The minimum atomic E-state index is -4.41. The highest BCUT2D eigenvalue weighted by atomic mass is 32.2. The second kappa shape index (κ2) is 5.69. The number of halogens is 1. The molecule has 8 nitrogen and oxygen atoms in total. The molecule has 2 rings (SSSR count). The maximum atomic E-state index is 13.8. The molecule has 0 saturated heterocycles. The number of anilines is 1. The zero-order valence-electron chi connectivity index (χ0n) is 12.1. The van der Waals surface area contributed by atoms with Crippen molar-refractivity contribution in [3.63, 3.8) is 0 Å². The molecule has 23 heavy (non-hydrogen) atoms. The number of rotatable bonds is 3. The van der Waals surface area contributed by atoms with Gasteiger partial charge in [0, 0.05) is 20.3 Å². The molecule has 0 unspecified atom stereocenters. The van der Waals surface area contributed by atoms with Gasteiger partial charge in [-0.1, -0.05) is 0 Å². The van der Waals surface area contributed by atoms with Crippen LogP contribution < -0.4 is 16.0 Å². The molecular weight excluding hydrogens is 327 g/mol. The van der Waals surface area contributed by atoms with E-state index in [4.69, 9.17) is 5.26 Å². The SMILES string of the molecule is Cn1cc(S(=O)(=O)Nc2ccc(C#N)cc2F)c(=O)n(C)c1=O. The van der Waals surface area contributed by atoms with Gasteiger partial charge in [0.05, 0.1) is 17.3 Å². The molecule has 0 aliphatic carbocycles. The van der Waals surface area contributed by atoms with Gasteiger partial charge in [0.25, 0.3) is 15.6 Å². The van der Waals surface area contributed by atoms with Crippen LogP contribution in [0.3, 0.4) is 0 Å². The molecule has 1 aromatic carbocycles. The first kappa shape index (κ1) is 16.4. The molecule has 0 saturated carbocycles. The lowest BCUT2D eigenvalue weighted by Crippen LogP contribution is -2.40. The Morgan fingerprint density at radius 1 is 1.26 bits per heavy atom. The lowest BCUT2D eigenvalue weighted by Gasteiger charge is -2.10. The Hall–Kier alpha value is -2.93. The number of aromatic nitrogens is 2. The van der Waals surface area contributed by atoms with E-state index in [1.54, 1.807) is 6.07 Å². The molecule has 1 N–H and O–H groups in total. The van der Waals surface area contributed by atoms with E-state index in [0.29, 0.717) is 4.57 Å². The van der Waals surface area contributed by atoms with Crippen LogP contribution in [0.2, 0.25) is 0 Å². The second-order valence-corrected chi connectivity index (χ2v) is 6.31. The quantitative estimate of drug-likeness (QED) is 0.839. The fourth-order valence-electron chi connectivity index (χ4n) is 1.83. The number of nitrogens with zero attached hydrogens (tertiary/aromatic N) is 3. The predicted molar refractivity (Wildman–Crippen MR) is 78.8 cm³/mol. The van der Waals surface area contributed by atoms with Crippen molar-refractivity contribution in [3.05, 3.63) is 56.6 Å². The Morgan fingerprint density at radius 2 is 1.91 bits per heavy atom. The summed E-state index contributed by atoms with van der Waals surface area (Å²) >= 11 is 0. The van der Waals surface area contributed by atoms with Crippen LogP contribution >= 0.6 is 0 Å². The van der Waals surface area contributed by atoms with E-state index in [-0.39, 0.29) is 5.56 Å². The number of sulfonamides is 1. The standard InChI is InChI=1S/C13H11FN4O4S/c1-17-7-11(12(19)18(2)13(17)20)23(21,22)16-10-4-3-8(6-15)5-9(10)14/h3-5,7,16H,1-2H3. The lowest BCUT2D eigenvalue weighted by atomic mass is 10.2. The molecule has 2 aromatic rings. The van der Waals surface area contributed by atoms with Crippen molar-refractivity contribution in [1.29, 1.82) is 5.26 Å². The Bertz CT molecular complexity index is 1050. The maximum absolute atomic E-state index is 13.8. The monoisotopic (exact) mass is 338 g/mol. The third kappa shape index (κ3) is 3.00. The van der Waals surface area contributed by atoms with Crippen molar-refractivity contribution in [2.45, 2.75) is 4.90 Å². The number of hydrogen-bond donors (Lipinski definition) is 1. The number of aryl methyl sites for hydroxylation is 1. The van der Waals surface area contributed by atoms with E-state index in [9.17, 15) is 22.4 Å². The molecular formula is C13H11FN4O4S. The number of nitrogens with one attached hydrogen (secondary N) is 1. The smallest absolute Gasteiger partial charge is 0.302 e. The predicted octanol–water partition coefficient (Wildman–Crippen LogP) is -0.104. The van der Waals surface area contributed by atoms with E-state index in [1.165, 1.54) is 13.1 Å². The van der Waals surface area contributed by atoms with Gasteiger partial charge in [0.2, 0.25) is 0 Å². The van der Waals surface area contributed by atoms with Crippen LogP contribution in [0.25, 0.3) is 0 Å². The van der Waals surface area contributed by atoms with Gasteiger partial charge in [-0.15, -0.1) is 0 Å². The van der Waals surface area contributed by atoms with E-state index in [1.807, 2.05) is 4.72 Å². The van der Waals surface area contributed by atoms with Crippen molar-refractivity contribution < 1.29 is 12.8 Å². The normalized spacial score (nSPS) is 11.0. The van der Waals surface area contributed by atoms with Crippen molar-refractivity contribution >= 4 is 15.7 Å². The van der Waals surface area contributed by atoms with Gasteiger partial charge < -0.3 is 4.57 Å². The topological polar surface area (TPSA) is 114 Å². The Kier molecular flexibility index (Phi) is 4.07. The third-order valence-corrected chi connectivity index (χ3v) is 4.39. The molecule has 0 atom stereocenters. The molecule has 0 amide bonds. The summed E-state index contributed by atoms with van der Waals surface area (Å²) in [7, 11) is -2.00. The van der Waals surface area contributed by atoms with Gasteiger partial charge in [-0.2, -0.15) is 5.26 Å². The highest BCUT2D eigenvalue weighted by molar-refractivity contribution is 7.92. The van der Waals surface area contributed by atoms with Gasteiger partial charge >= 0.3 is 5.69 Å². The number of hydrogen-bond acceptors (Lipinski definition) is 5. The summed E-state index contributed by atoms with van der Waals surface area (Å²) in [6.45, 7) is 0. The molecule has 120 valence electrons. The highest BCUT2D eigenvalue weighted by Gasteiger charge is 2.22. The zero-order chi connectivity index (χ0) is 17.4. The molecule has 1 heterocycles. The summed E-state index contributed by atoms with van der Waals surface area (Å²) < 4.78 is 41.8. The molecule has 0 aliphatic rings. The largest absolute Gasteiger partial charge is 0.330 e. The molecule has 0 bridgehead atoms. The van der Waals surface area contributed by atoms with Gasteiger partial charge in [-0.3, -0.25) is 14.1 Å². The van der Waals surface area contributed by atoms with Crippen molar-refractivity contribution in [2.75, 3.05) is 4.72 Å². The van der Waals surface area contributed by atoms with Gasteiger partial charge in [0.15, 0.2) is 4.90 Å². The van der Waals surface area contributed by atoms with Crippen molar-refractivity contribution in [2.24, 2.45) is 14.1 Å². The van der Waals surface area contributed by atoms with Gasteiger partial charge in [-0.05, 0) is 18.2 Å². The first-order valence-electron chi connectivity index (χ1n) is 6.16. The van der Waals surface area contributed by atoms with Gasteiger partial charge in [-0.25, -0.2) is 17.6 Å². The first-order valence-corrected chi connectivity index (χ1v) is 7.65.